The minimum Gasteiger partial charge on any atom is -0.340 e. The van der Waals surface area contributed by atoms with Crippen LogP contribution in [-0.2, 0) is 7.05 Å². The molecular weight excluding hydrogens is 216 g/mol. The molecule has 1 aromatic heterocycles. The lowest BCUT2D eigenvalue weighted by Gasteiger charge is -2.27. The average molecular weight is 234 g/mol. The van der Waals surface area contributed by atoms with Gasteiger partial charge in [-0.1, -0.05) is 0 Å². The smallest absolute Gasteiger partial charge is 0.274 e. The number of rotatable bonds is 1. The Kier molecular flexibility index (Phi) is 2.63. The molecule has 3 heterocycles. The molecule has 2 aliphatic rings. The SMILES string of the molecule is Cn1cnc(C(=O)N2C3CCNCC2CC3)c1. The van der Waals surface area contributed by atoms with E-state index in [0.29, 0.717) is 17.8 Å². The van der Waals surface area contributed by atoms with Gasteiger partial charge in [0.15, 0.2) is 0 Å². The first kappa shape index (κ1) is 10.8. The lowest BCUT2D eigenvalue weighted by atomic mass is 10.1. The molecule has 0 saturated carbocycles. The molecule has 2 atom stereocenters. The third-order valence-corrected chi connectivity index (χ3v) is 3.81. The van der Waals surface area contributed by atoms with E-state index in [0.717, 1.165) is 32.4 Å². The highest BCUT2D eigenvalue weighted by Crippen LogP contribution is 2.29. The third-order valence-electron chi connectivity index (χ3n) is 3.81. The zero-order valence-corrected chi connectivity index (χ0v) is 10.1. The van der Waals surface area contributed by atoms with Gasteiger partial charge in [0, 0.05) is 31.9 Å². The number of nitrogens with one attached hydrogen (secondary N) is 1. The van der Waals surface area contributed by atoms with Crippen LogP contribution in [0, 0.1) is 0 Å². The van der Waals surface area contributed by atoms with Gasteiger partial charge in [0.2, 0.25) is 0 Å². The third kappa shape index (κ3) is 1.84. The predicted molar refractivity (Wildman–Crippen MR) is 63.7 cm³/mol. The van der Waals surface area contributed by atoms with Crippen molar-refractivity contribution in [3.8, 4) is 0 Å². The molecule has 1 amide bonds. The zero-order valence-electron chi connectivity index (χ0n) is 10.1. The molecule has 92 valence electrons. The van der Waals surface area contributed by atoms with E-state index >= 15 is 0 Å². The number of carbonyl (C=O) groups excluding carboxylic acids is 1. The van der Waals surface area contributed by atoms with Crippen molar-refractivity contribution in [2.75, 3.05) is 13.1 Å². The second kappa shape index (κ2) is 4.14. The number of aryl methyl sites for hydroxylation is 1. The van der Waals surface area contributed by atoms with Crippen LogP contribution in [0.15, 0.2) is 12.5 Å². The highest BCUT2D eigenvalue weighted by Gasteiger charge is 2.38. The molecule has 5 nitrogen and oxygen atoms in total. The van der Waals surface area contributed by atoms with Crippen molar-refractivity contribution in [3.05, 3.63) is 18.2 Å². The largest absolute Gasteiger partial charge is 0.340 e. The van der Waals surface area contributed by atoms with E-state index in [1.807, 2.05) is 11.6 Å². The number of amides is 1. The fourth-order valence-electron chi connectivity index (χ4n) is 2.97. The summed E-state index contributed by atoms with van der Waals surface area (Å²) in [5.74, 6) is 0.0989. The van der Waals surface area contributed by atoms with Crippen LogP contribution in [0.1, 0.15) is 29.8 Å². The van der Waals surface area contributed by atoms with Crippen LogP contribution >= 0.6 is 0 Å². The molecule has 1 aromatic rings. The van der Waals surface area contributed by atoms with E-state index < -0.39 is 0 Å². The number of carbonyl (C=O) groups is 1. The maximum atomic E-state index is 12.4. The summed E-state index contributed by atoms with van der Waals surface area (Å²) < 4.78 is 1.82. The summed E-state index contributed by atoms with van der Waals surface area (Å²) in [4.78, 5) is 18.7. The highest BCUT2D eigenvalue weighted by molar-refractivity contribution is 5.92. The average Bonchev–Trinajstić information content (AvgIpc) is 2.81. The van der Waals surface area contributed by atoms with Crippen LogP contribution in [0.5, 0.6) is 0 Å². The lowest BCUT2D eigenvalue weighted by molar-refractivity contribution is 0.0674. The Morgan fingerprint density at radius 2 is 2.24 bits per heavy atom. The topological polar surface area (TPSA) is 50.2 Å². The minimum atomic E-state index is 0.0989. The Hall–Kier alpha value is -1.36. The summed E-state index contributed by atoms with van der Waals surface area (Å²) >= 11 is 0. The van der Waals surface area contributed by atoms with E-state index in [9.17, 15) is 4.79 Å². The number of fused-ring (bicyclic) bond motifs is 2. The number of imidazole rings is 1. The molecule has 2 fully saturated rings. The molecule has 0 aliphatic carbocycles. The molecule has 0 spiro atoms. The highest BCUT2D eigenvalue weighted by atomic mass is 16.2. The van der Waals surface area contributed by atoms with Gasteiger partial charge in [-0.3, -0.25) is 4.79 Å². The monoisotopic (exact) mass is 234 g/mol. The van der Waals surface area contributed by atoms with Crippen LogP contribution in [0.2, 0.25) is 0 Å². The van der Waals surface area contributed by atoms with Gasteiger partial charge in [0.05, 0.1) is 6.33 Å². The molecule has 3 rings (SSSR count). The minimum absolute atomic E-state index is 0.0989. The van der Waals surface area contributed by atoms with Gasteiger partial charge in [-0.05, 0) is 25.8 Å². The van der Waals surface area contributed by atoms with Gasteiger partial charge >= 0.3 is 0 Å². The molecule has 2 saturated heterocycles. The van der Waals surface area contributed by atoms with Crippen molar-refractivity contribution in [3.63, 3.8) is 0 Å². The molecule has 5 heteroatoms. The van der Waals surface area contributed by atoms with E-state index in [4.69, 9.17) is 0 Å². The maximum absolute atomic E-state index is 12.4. The summed E-state index contributed by atoms with van der Waals surface area (Å²) in [6.07, 6.45) is 6.82. The predicted octanol–water partition coefficient (Wildman–Crippen LogP) is 0.387. The van der Waals surface area contributed by atoms with Gasteiger partial charge in [-0.25, -0.2) is 4.98 Å². The first-order chi connectivity index (χ1) is 8.25. The fraction of sp³-hybridized carbons (Fsp3) is 0.667. The Morgan fingerprint density at radius 3 is 3.00 bits per heavy atom. The van der Waals surface area contributed by atoms with E-state index in [-0.39, 0.29) is 5.91 Å². The second-order valence-electron chi connectivity index (χ2n) is 5.01. The van der Waals surface area contributed by atoms with Crippen molar-refractivity contribution < 1.29 is 4.79 Å². The van der Waals surface area contributed by atoms with Crippen molar-refractivity contribution in [1.82, 2.24) is 19.8 Å². The van der Waals surface area contributed by atoms with Gasteiger partial charge in [-0.15, -0.1) is 0 Å². The Bertz CT molecular complexity index is 414. The standard InChI is InChI=1S/C12H18N4O/c1-15-7-11(14-8-15)12(17)16-9-2-3-10(16)6-13-5-4-9/h7-10,13H,2-6H2,1H3. The van der Waals surface area contributed by atoms with Gasteiger partial charge in [-0.2, -0.15) is 0 Å². The van der Waals surface area contributed by atoms with Crippen LogP contribution in [-0.4, -0.2) is 45.5 Å². The quantitative estimate of drug-likeness (QED) is 0.764. The normalized spacial score (nSPS) is 28.2. The number of nitrogens with zero attached hydrogens (tertiary/aromatic N) is 3. The van der Waals surface area contributed by atoms with Crippen molar-refractivity contribution in [1.29, 1.82) is 0 Å². The summed E-state index contributed by atoms with van der Waals surface area (Å²) in [5, 5.41) is 3.40. The summed E-state index contributed by atoms with van der Waals surface area (Å²) in [6, 6.07) is 0.765. The van der Waals surface area contributed by atoms with Gasteiger partial charge in [0.1, 0.15) is 5.69 Å². The summed E-state index contributed by atoms with van der Waals surface area (Å²) in [6.45, 7) is 1.95. The maximum Gasteiger partial charge on any atom is 0.274 e. The van der Waals surface area contributed by atoms with Crippen LogP contribution < -0.4 is 5.32 Å². The van der Waals surface area contributed by atoms with E-state index in [2.05, 4.69) is 15.2 Å². The summed E-state index contributed by atoms with van der Waals surface area (Å²) in [5.41, 5.74) is 0.575. The van der Waals surface area contributed by atoms with Gasteiger partial charge < -0.3 is 14.8 Å². The van der Waals surface area contributed by atoms with Crippen molar-refractivity contribution in [2.24, 2.45) is 7.05 Å². The first-order valence-electron chi connectivity index (χ1n) is 6.27. The fourth-order valence-corrected chi connectivity index (χ4v) is 2.97. The van der Waals surface area contributed by atoms with Gasteiger partial charge in [0.25, 0.3) is 5.91 Å². The molecule has 2 bridgehead atoms. The van der Waals surface area contributed by atoms with Crippen LogP contribution in [0.4, 0.5) is 0 Å². The number of aromatic nitrogens is 2. The number of hydrogen-bond donors (Lipinski definition) is 1. The molecule has 17 heavy (non-hydrogen) atoms. The second-order valence-corrected chi connectivity index (χ2v) is 5.01. The summed E-state index contributed by atoms with van der Waals surface area (Å²) in [7, 11) is 1.89. The molecule has 2 unspecified atom stereocenters. The molecular formula is C12H18N4O. The molecule has 0 aromatic carbocycles. The van der Waals surface area contributed by atoms with Crippen molar-refractivity contribution >= 4 is 5.91 Å². The first-order valence-corrected chi connectivity index (χ1v) is 6.27. The zero-order chi connectivity index (χ0) is 11.8. The molecule has 1 N–H and O–H groups in total. The molecule has 0 radical (unpaired) electrons. The Morgan fingerprint density at radius 1 is 1.41 bits per heavy atom. The van der Waals surface area contributed by atoms with E-state index in [1.54, 1.807) is 12.5 Å². The van der Waals surface area contributed by atoms with Crippen molar-refractivity contribution in [2.45, 2.75) is 31.3 Å². The lowest BCUT2D eigenvalue weighted by Crippen LogP contribution is -2.42. The Balaban J connectivity index is 1.85. The number of hydrogen-bond acceptors (Lipinski definition) is 3. The van der Waals surface area contributed by atoms with Crippen LogP contribution in [0.25, 0.3) is 0 Å². The Labute approximate surface area is 101 Å². The van der Waals surface area contributed by atoms with E-state index in [1.165, 1.54) is 0 Å². The molecule has 2 aliphatic heterocycles. The van der Waals surface area contributed by atoms with Crippen LogP contribution in [0.3, 0.4) is 0 Å².